The molecule has 1 unspecified atom stereocenters. The highest BCUT2D eigenvalue weighted by atomic mass is 16.5. The van der Waals surface area contributed by atoms with Gasteiger partial charge >= 0.3 is 0 Å². The van der Waals surface area contributed by atoms with Crippen LogP contribution in [-0.2, 0) is 9.47 Å². The molecular formula is C14H20N2O3. The van der Waals surface area contributed by atoms with Crippen LogP contribution in [0.2, 0.25) is 0 Å². The van der Waals surface area contributed by atoms with Crippen molar-refractivity contribution in [3.05, 3.63) is 29.8 Å². The van der Waals surface area contributed by atoms with Gasteiger partial charge in [-0.3, -0.25) is 5.41 Å². The van der Waals surface area contributed by atoms with Crippen LogP contribution in [0, 0.1) is 5.41 Å². The largest absolute Gasteiger partial charge is 0.491 e. The summed E-state index contributed by atoms with van der Waals surface area (Å²) in [6.45, 7) is 2.56. The lowest BCUT2D eigenvalue weighted by molar-refractivity contribution is 0.00853. The third kappa shape index (κ3) is 4.54. The molecule has 5 heteroatoms. The summed E-state index contributed by atoms with van der Waals surface area (Å²) in [5.74, 6) is 0.817. The Labute approximate surface area is 113 Å². The second kappa shape index (κ2) is 7.11. The number of hydrogen-bond acceptors (Lipinski definition) is 4. The third-order valence-corrected chi connectivity index (χ3v) is 2.99. The summed E-state index contributed by atoms with van der Waals surface area (Å²) >= 11 is 0. The lowest BCUT2D eigenvalue weighted by atomic mass is 10.2. The predicted molar refractivity (Wildman–Crippen MR) is 72.7 cm³/mol. The van der Waals surface area contributed by atoms with Gasteiger partial charge in [-0.05, 0) is 37.1 Å². The standard InChI is InChI=1S/C14H20N2O3/c15-14(16)11-3-5-12(6-4-11)19-9-8-17-10-13-2-1-7-18-13/h3-6,13H,1-2,7-10H2,(H3,15,16). The molecule has 0 saturated carbocycles. The molecule has 1 fully saturated rings. The monoisotopic (exact) mass is 264 g/mol. The Kier molecular flexibility index (Phi) is 5.18. The molecule has 0 radical (unpaired) electrons. The minimum Gasteiger partial charge on any atom is -0.491 e. The minimum absolute atomic E-state index is 0.0615. The van der Waals surface area contributed by atoms with Crippen molar-refractivity contribution < 1.29 is 14.2 Å². The molecule has 1 atom stereocenters. The van der Waals surface area contributed by atoms with Gasteiger partial charge in [0.1, 0.15) is 18.2 Å². The molecule has 0 aliphatic carbocycles. The highest BCUT2D eigenvalue weighted by Crippen LogP contribution is 2.13. The molecule has 0 spiro atoms. The summed E-state index contributed by atoms with van der Waals surface area (Å²) in [7, 11) is 0. The molecule has 0 amide bonds. The Balaban J connectivity index is 1.61. The first-order valence-corrected chi connectivity index (χ1v) is 6.52. The van der Waals surface area contributed by atoms with E-state index in [1.54, 1.807) is 24.3 Å². The van der Waals surface area contributed by atoms with Gasteiger partial charge in [0.05, 0.1) is 19.3 Å². The Morgan fingerprint density at radius 1 is 1.32 bits per heavy atom. The van der Waals surface area contributed by atoms with Crippen LogP contribution >= 0.6 is 0 Å². The van der Waals surface area contributed by atoms with E-state index in [1.807, 2.05) is 0 Å². The quantitative estimate of drug-likeness (QED) is 0.445. The van der Waals surface area contributed by atoms with Crippen LogP contribution < -0.4 is 10.5 Å². The molecule has 5 nitrogen and oxygen atoms in total. The molecule has 2 rings (SSSR count). The zero-order valence-corrected chi connectivity index (χ0v) is 10.9. The summed E-state index contributed by atoms with van der Waals surface area (Å²) in [6, 6.07) is 7.14. The molecule has 1 aliphatic rings. The fraction of sp³-hybridized carbons (Fsp3) is 0.500. The summed E-state index contributed by atoms with van der Waals surface area (Å²) in [5, 5.41) is 7.29. The Morgan fingerprint density at radius 3 is 2.74 bits per heavy atom. The number of amidine groups is 1. The average molecular weight is 264 g/mol. The number of benzene rings is 1. The van der Waals surface area contributed by atoms with Crippen molar-refractivity contribution in [1.82, 2.24) is 0 Å². The zero-order valence-electron chi connectivity index (χ0n) is 10.9. The maximum Gasteiger partial charge on any atom is 0.122 e. The molecule has 1 saturated heterocycles. The van der Waals surface area contributed by atoms with Gasteiger partial charge in [0.2, 0.25) is 0 Å². The first-order valence-electron chi connectivity index (χ1n) is 6.52. The van der Waals surface area contributed by atoms with E-state index in [2.05, 4.69) is 0 Å². The van der Waals surface area contributed by atoms with Crippen LogP contribution in [-0.4, -0.2) is 38.4 Å². The van der Waals surface area contributed by atoms with Crippen LogP contribution in [0.15, 0.2) is 24.3 Å². The maximum absolute atomic E-state index is 7.29. The van der Waals surface area contributed by atoms with Crippen molar-refractivity contribution in [1.29, 1.82) is 5.41 Å². The maximum atomic E-state index is 7.29. The Hall–Kier alpha value is -1.59. The van der Waals surface area contributed by atoms with Crippen LogP contribution in [0.5, 0.6) is 5.75 Å². The third-order valence-electron chi connectivity index (χ3n) is 2.99. The molecule has 1 aliphatic heterocycles. The van der Waals surface area contributed by atoms with Gasteiger partial charge in [-0.1, -0.05) is 0 Å². The summed E-state index contributed by atoms with van der Waals surface area (Å²) in [6.07, 6.45) is 2.48. The van der Waals surface area contributed by atoms with Crippen molar-refractivity contribution in [3.63, 3.8) is 0 Å². The van der Waals surface area contributed by atoms with Crippen molar-refractivity contribution in [2.75, 3.05) is 26.4 Å². The first kappa shape index (κ1) is 13.8. The van der Waals surface area contributed by atoms with E-state index < -0.39 is 0 Å². The Bertz CT molecular complexity index is 400. The SMILES string of the molecule is N=C(N)c1ccc(OCCOCC2CCCO2)cc1. The minimum atomic E-state index is 0.0615. The molecule has 19 heavy (non-hydrogen) atoms. The fourth-order valence-corrected chi connectivity index (χ4v) is 1.94. The number of nitrogens with two attached hydrogens (primary N) is 1. The average Bonchev–Trinajstić information content (AvgIpc) is 2.92. The van der Waals surface area contributed by atoms with E-state index in [4.69, 9.17) is 25.4 Å². The molecule has 104 valence electrons. The number of nitrogens with one attached hydrogen (secondary N) is 1. The predicted octanol–water partition coefficient (Wildman–Crippen LogP) is 1.55. The first-order chi connectivity index (χ1) is 9.25. The van der Waals surface area contributed by atoms with Crippen molar-refractivity contribution in [2.24, 2.45) is 5.73 Å². The van der Waals surface area contributed by atoms with Gasteiger partial charge in [-0.2, -0.15) is 0 Å². The normalized spacial score (nSPS) is 18.4. The highest BCUT2D eigenvalue weighted by molar-refractivity contribution is 5.94. The van der Waals surface area contributed by atoms with Crippen LogP contribution in [0.25, 0.3) is 0 Å². The topological polar surface area (TPSA) is 77.6 Å². The van der Waals surface area contributed by atoms with E-state index in [0.29, 0.717) is 25.4 Å². The van der Waals surface area contributed by atoms with E-state index in [9.17, 15) is 0 Å². The zero-order chi connectivity index (χ0) is 13.5. The molecule has 0 bridgehead atoms. The second-order valence-corrected chi connectivity index (χ2v) is 4.50. The fourth-order valence-electron chi connectivity index (χ4n) is 1.94. The molecule has 1 aromatic rings. The number of rotatable bonds is 7. The van der Waals surface area contributed by atoms with E-state index in [1.165, 1.54) is 0 Å². The summed E-state index contributed by atoms with van der Waals surface area (Å²) in [5.41, 5.74) is 6.07. The smallest absolute Gasteiger partial charge is 0.122 e. The van der Waals surface area contributed by atoms with Gasteiger partial charge < -0.3 is 19.9 Å². The van der Waals surface area contributed by atoms with Gasteiger partial charge in [0, 0.05) is 12.2 Å². The van der Waals surface area contributed by atoms with Gasteiger partial charge in [0.25, 0.3) is 0 Å². The van der Waals surface area contributed by atoms with E-state index in [0.717, 1.165) is 25.2 Å². The molecule has 3 N–H and O–H groups in total. The van der Waals surface area contributed by atoms with Crippen LogP contribution in [0.3, 0.4) is 0 Å². The van der Waals surface area contributed by atoms with Gasteiger partial charge in [0.15, 0.2) is 0 Å². The van der Waals surface area contributed by atoms with Crippen LogP contribution in [0.4, 0.5) is 0 Å². The number of hydrogen-bond donors (Lipinski definition) is 2. The van der Waals surface area contributed by atoms with Gasteiger partial charge in [-0.25, -0.2) is 0 Å². The van der Waals surface area contributed by atoms with Crippen LogP contribution in [0.1, 0.15) is 18.4 Å². The molecule has 1 aromatic carbocycles. The van der Waals surface area contributed by atoms with E-state index >= 15 is 0 Å². The molecule has 0 aromatic heterocycles. The second-order valence-electron chi connectivity index (χ2n) is 4.50. The summed E-state index contributed by atoms with van der Waals surface area (Å²) < 4.78 is 16.5. The molecule has 1 heterocycles. The van der Waals surface area contributed by atoms with Crippen molar-refractivity contribution >= 4 is 5.84 Å². The highest BCUT2D eigenvalue weighted by Gasteiger charge is 2.14. The molecular weight excluding hydrogens is 244 g/mol. The number of nitrogen functional groups attached to an aromatic ring is 1. The Morgan fingerprint density at radius 2 is 2.11 bits per heavy atom. The number of ether oxygens (including phenoxy) is 3. The van der Waals surface area contributed by atoms with Crippen molar-refractivity contribution in [3.8, 4) is 5.75 Å². The lowest BCUT2D eigenvalue weighted by Crippen LogP contribution is -2.17. The lowest BCUT2D eigenvalue weighted by Gasteiger charge is -2.11. The van der Waals surface area contributed by atoms with E-state index in [-0.39, 0.29) is 11.9 Å². The van der Waals surface area contributed by atoms with Gasteiger partial charge in [-0.15, -0.1) is 0 Å². The van der Waals surface area contributed by atoms with Crippen molar-refractivity contribution in [2.45, 2.75) is 18.9 Å². The summed E-state index contributed by atoms with van der Waals surface area (Å²) in [4.78, 5) is 0.